The topological polar surface area (TPSA) is 29.5 Å². The van der Waals surface area contributed by atoms with Crippen LogP contribution < -0.4 is 0 Å². The van der Waals surface area contributed by atoms with E-state index in [1.54, 1.807) is 0 Å². The van der Waals surface area contributed by atoms with Crippen LogP contribution in [0.4, 0.5) is 8.78 Å². The minimum Gasteiger partial charge on any atom is -0.396 e. The summed E-state index contributed by atoms with van der Waals surface area (Å²) in [5, 5.41) is 9.56. The molecule has 5 heteroatoms. The minimum atomic E-state index is -0.595. The van der Waals surface area contributed by atoms with Gasteiger partial charge in [0.1, 0.15) is 11.6 Å². The van der Waals surface area contributed by atoms with E-state index >= 15 is 0 Å². The molecular weight excluding hydrogens is 306 g/mol. The molecular formula is C13H15BrF2O2. The fourth-order valence-corrected chi connectivity index (χ4v) is 2.77. The maximum Gasteiger partial charge on any atom is 0.143 e. The Labute approximate surface area is 113 Å². The summed E-state index contributed by atoms with van der Waals surface area (Å²) in [5.41, 5.74) is -0.585. The van der Waals surface area contributed by atoms with E-state index in [9.17, 15) is 13.9 Å². The van der Waals surface area contributed by atoms with Crippen molar-refractivity contribution in [2.75, 3.05) is 13.2 Å². The molecule has 0 aliphatic carbocycles. The van der Waals surface area contributed by atoms with Crippen molar-refractivity contribution in [2.45, 2.75) is 25.9 Å². The van der Waals surface area contributed by atoms with Gasteiger partial charge in [0.25, 0.3) is 0 Å². The number of ether oxygens (including phenoxy) is 1. The van der Waals surface area contributed by atoms with Gasteiger partial charge >= 0.3 is 0 Å². The van der Waals surface area contributed by atoms with Crippen LogP contribution in [0.5, 0.6) is 0 Å². The summed E-state index contributed by atoms with van der Waals surface area (Å²) in [7, 11) is 0. The van der Waals surface area contributed by atoms with E-state index in [2.05, 4.69) is 15.9 Å². The van der Waals surface area contributed by atoms with E-state index in [4.69, 9.17) is 4.74 Å². The van der Waals surface area contributed by atoms with Crippen LogP contribution in [0.2, 0.25) is 0 Å². The highest BCUT2D eigenvalue weighted by Gasteiger charge is 2.42. The monoisotopic (exact) mass is 320 g/mol. The highest BCUT2D eigenvalue weighted by molar-refractivity contribution is 9.10. The zero-order valence-electron chi connectivity index (χ0n) is 10.0. The van der Waals surface area contributed by atoms with Gasteiger partial charge in [0.05, 0.1) is 17.2 Å². The smallest absolute Gasteiger partial charge is 0.143 e. The minimum absolute atomic E-state index is 0.00998. The van der Waals surface area contributed by atoms with Gasteiger partial charge in [-0.2, -0.15) is 0 Å². The molecule has 1 N–H and O–H groups in total. The van der Waals surface area contributed by atoms with E-state index in [0.717, 1.165) is 0 Å². The molecule has 0 saturated carbocycles. The Bertz CT molecular complexity index is 453. The predicted molar refractivity (Wildman–Crippen MR) is 67.3 cm³/mol. The van der Waals surface area contributed by atoms with Gasteiger partial charge in [-0.25, -0.2) is 8.78 Å². The lowest BCUT2D eigenvalue weighted by Crippen LogP contribution is -2.35. The number of aliphatic hydroxyl groups is 1. The van der Waals surface area contributed by atoms with Crippen molar-refractivity contribution < 1.29 is 18.6 Å². The molecule has 1 fully saturated rings. The van der Waals surface area contributed by atoms with E-state index in [1.165, 1.54) is 12.1 Å². The standard InChI is InChI=1S/C13H15BrF2O2/c1-8-13(7-17,4-5-18-8)6-9-11(15)3-2-10(14)12(9)16/h2-3,8,17H,4-7H2,1H3. The summed E-state index contributed by atoms with van der Waals surface area (Å²) in [6.07, 6.45) is 0.540. The molecule has 1 aliphatic rings. The van der Waals surface area contributed by atoms with Gasteiger partial charge in [-0.15, -0.1) is 0 Å². The summed E-state index contributed by atoms with van der Waals surface area (Å²) < 4.78 is 33.3. The van der Waals surface area contributed by atoms with Gasteiger partial charge in [-0.1, -0.05) is 0 Å². The molecule has 2 nitrogen and oxygen atoms in total. The number of aliphatic hydroxyl groups excluding tert-OH is 1. The third-order valence-corrected chi connectivity index (χ3v) is 4.43. The lowest BCUT2D eigenvalue weighted by Gasteiger charge is -2.30. The van der Waals surface area contributed by atoms with Crippen molar-refractivity contribution in [1.82, 2.24) is 0 Å². The molecule has 1 saturated heterocycles. The molecule has 1 heterocycles. The summed E-state index contributed by atoms with van der Waals surface area (Å²) in [6, 6.07) is 2.57. The second kappa shape index (κ2) is 5.23. The largest absolute Gasteiger partial charge is 0.396 e. The van der Waals surface area contributed by atoms with Crippen molar-refractivity contribution in [2.24, 2.45) is 5.41 Å². The van der Waals surface area contributed by atoms with Crippen LogP contribution in [0, 0.1) is 17.0 Å². The first-order valence-electron chi connectivity index (χ1n) is 5.85. The molecule has 1 aromatic carbocycles. The number of hydrogen-bond donors (Lipinski definition) is 1. The Balaban J connectivity index is 2.36. The molecule has 2 unspecified atom stereocenters. The molecule has 0 spiro atoms. The maximum atomic E-state index is 13.9. The summed E-state index contributed by atoms with van der Waals surface area (Å²) in [6.45, 7) is 2.20. The summed E-state index contributed by atoms with van der Waals surface area (Å²) in [5.74, 6) is -1.18. The van der Waals surface area contributed by atoms with Crippen molar-refractivity contribution in [3.63, 3.8) is 0 Å². The highest BCUT2D eigenvalue weighted by atomic mass is 79.9. The zero-order chi connectivity index (χ0) is 13.3. The number of hydrogen-bond acceptors (Lipinski definition) is 2. The first-order chi connectivity index (χ1) is 8.50. The first-order valence-corrected chi connectivity index (χ1v) is 6.64. The molecule has 18 heavy (non-hydrogen) atoms. The molecule has 100 valence electrons. The van der Waals surface area contributed by atoms with Crippen molar-refractivity contribution in [3.8, 4) is 0 Å². The second-order valence-electron chi connectivity index (χ2n) is 4.78. The molecule has 2 rings (SSSR count). The molecule has 1 aromatic rings. The van der Waals surface area contributed by atoms with Crippen LogP contribution in [0.25, 0.3) is 0 Å². The lowest BCUT2D eigenvalue weighted by atomic mass is 9.77. The quantitative estimate of drug-likeness (QED) is 0.867. The van der Waals surface area contributed by atoms with Gasteiger partial charge in [-0.3, -0.25) is 0 Å². The van der Waals surface area contributed by atoms with Crippen LogP contribution in [0.3, 0.4) is 0 Å². The summed E-state index contributed by atoms with van der Waals surface area (Å²) in [4.78, 5) is 0. The van der Waals surface area contributed by atoms with Gasteiger partial charge in [0, 0.05) is 17.6 Å². The Kier molecular flexibility index (Phi) is 4.04. The van der Waals surface area contributed by atoms with Gasteiger partial charge < -0.3 is 9.84 Å². The van der Waals surface area contributed by atoms with Gasteiger partial charge in [0.15, 0.2) is 0 Å². The zero-order valence-corrected chi connectivity index (χ0v) is 11.6. The first kappa shape index (κ1) is 13.9. The summed E-state index contributed by atoms with van der Waals surface area (Å²) >= 11 is 3.05. The van der Waals surface area contributed by atoms with Crippen LogP contribution >= 0.6 is 15.9 Å². The SMILES string of the molecule is CC1OCCC1(CO)Cc1c(F)ccc(Br)c1F. The average Bonchev–Trinajstić information content (AvgIpc) is 2.72. The lowest BCUT2D eigenvalue weighted by molar-refractivity contribution is 0.0262. The van der Waals surface area contributed by atoms with E-state index in [1.807, 2.05) is 6.92 Å². The van der Waals surface area contributed by atoms with Crippen molar-refractivity contribution in [3.05, 3.63) is 33.8 Å². The third-order valence-electron chi connectivity index (χ3n) is 3.81. The van der Waals surface area contributed by atoms with Crippen LogP contribution in [0.15, 0.2) is 16.6 Å². The fraction of sp³-hybridized carbons (Fsp3) is 0.538. The highest BCUT2D eigenvalue weighted by Crippen LogP contribution is 2.39. The molecule has 2 atom stereocenters. The van der Waals surface area contributed by atoms with Crippen LogP contribution in [-0.4, -0.2) is 24.4 Å². The van der Waals surface area contributed by atoms with Crippen molar-refractivity contribution >= 4 is 15.9 Å². The predicted octanol–water partition coefficient (Wildman–Crippen LogP) is 3.06. The molecule has 0 aromatic heterocycles. The number of halogens is 3. The van der Waals surface area contributed by atoms with E-state index in [-0.39, 0.29) is 29.2 Å². The van der Waals surface area contributed by atoms with Crippen LogP contribution in [0.1, 0.15) is 18.9 Å². The Hall–Kier alpha value is -0.520. The molecule has 0 bridgehead atoms. The third kappa shape index (κ3) is 2.31. The average molecular weight is 321 g/mol. The Morgan fingerprint density at radius 1 is 1.50 bits per heavy atom. The van der Waals surface area contributed by atoms with Crippen LogP contribution in [-0.2, 0) is 11.2 Å². The molecule has 1 aliphatic heterocycles. The Morgan fingerprint density at radius 2 is 2.22 bits per heavy atom. The van der Waals surface area contributed by atoms with Gasteiger partial charge in [-0.05, 0) is 47.8 Å². The van der Waals surface area contributed by atoms with Gasteiger partial charge in [0.2, 0.25) is 0 Å². The number of rotatable bonds is 3. The fourth-order valence-electron chi connectivity index (χ4n) is 2.40. The van der Waals surface area contributed by atoms with Crippen molar-refractivity contribution in [1.29, 1.82) is 0 Å². The number of benzene rings is 1. The van der Waals surface area contributed by atoms with E-state index < -0.39 is 17.0 Å². The molecule has 0 radical (unpaired) electrons. The second-order valence-corrected chi connectivity index (χ2v) is 5.64. The van der Waals surface area contributed by atoms with E-state index in [0.29, 0.717) is 13.0 Å². The molecule has 0 amide bonds. The normalized spacial score (nSPS) is 27.7. The maximum absolute atomic E-state index is 13.9. The Morgan fingerprint density at radius 3 is 2.78 bits per heavy atom.